The van der Waals surface area contributed by atoms with Crippen LogP contribution in [0, 0.1) is 6.92 Å². The molecule has 0 saturated heterocycles. The molecule has 4 nitrogen and oxygen atoms in total. The average Bonchev–Trinajstić information content (AvgIpc) is 2.41. The molecular formula is C15H18N2O2S. The van der Waals surface area contributed by atoms with E-state index < -0.39 is 10.0 Å². The summed E-state index contributed by atoms with van der Waals surface area (Å²) in [5.41, 5.74) is 3.07. The Morgan fingerprint density at radius 3 is 2.45 bits per heavy atom. The molecule has 20 heavy (non-hydrogen) atoms. The number of rotatable bonds is 5. The first-order valence-electron chi connectivity index (χ1n) is 6.38. The van der Waals surface area contributed by atoms with E-state index in [1.54, 1.807) is 6.20 Å². The van der Waals surface area contributed by atoms with Crippen LogP contribution in [0.4, 0.5) is 0 Å². The van der Waals surface area contributed by atoms with Crippen LogP contribution in [0.3, 0.4) is 0 Å². The molecule has 2 rings (SSSR count). The lowest BCUT2D eigenvalue weighted by Gasteiger charge is -2.19. The molecule has 0 amide bonds. The molecule has 1 aromatic heterocycles. The van der Waals surface area contributed by atoms with Crippen LogP contribution in [-0.4, -0.2) is 26.2 Å². The summed E-state index contributed by atoms with van der Waals surface area (Å²) in [6.45, 7) is 2.33. The fourth-order valence-electron chi connectivity index (χ4n) is 2.17. The summed E-state index contributed by atoms with van der Waals surface area (Å²) in [5, 5.41) is 0. The maximum Gasteiger partial charge on any atom is 0.208 e. The maximum atomic E-state index is 11.4. The number of pyridine rings is 1. The Morgan fingerprint density at radius 1 is 1.15 bits per heavy atom. The molecule has 0 bridgehead atoms. The summed E-state index contributed by atoms with van der Waals surface area (Å²) in [4.78, 5) is 4.36. The molecule has 1 unspecified atom stereocenters. The fourth-order valence-corrected chi connectivity index (χ4v) is 2.64. The smallest absolute Gasteiger partial charge is 0.208 e. The van der Waals surface area contributed by atoms with Crippen molar-refractivity contribution in [3.05, 3.63) is 65.5 Å². The minimum Gasteiger partial charge on any atom is -0.261 e. The number of hydrogen-bond acceptors (Lipinski definition) is 3. The van der Waals surface area contributed by atoms with E-state index in [0.29, 0.717) is 6.54 Å². The normalized spacial score (nSPS) is 13.1. The summed E-state index contributed by atoms with van der Waals surface area (Å²) in [7, 11) is -3.23. The number of aromatic nitrogens is 1. The molecule has 2 aromatic rings. The van der Waals surface area contributed by atoms with Gasteiger partial charge in [0.2, 0.25) is 10.0 Å². The summed E-state index contributed by atoms with van der Waals surface area (Å²) < 4.78 is 25.3. The first-order valence-corrected chi connectivity index (χ1v) is 8.27. The molecule has 0 aliphatic rings. The van der Waals surface area contributed by atoms with Crippen molar-refractivity contribution >= 4 is 10.0 Å². The van der Waals surface area contributed by atoms with Gasteiger partial charge in [-0.05, 0) is 30.2 Å². The van der Waals surface area contributed by atoms with Crippen LogP contribution in [0.5, 0.6) is 0 Å². The molecule has 0 fully saturated rings. The first-order chi connectivity index (χ1) is 9.47. The second-order valence-electron chi connectivity index (χ2n) is 4.78. The summed E-state index contributed by atoms with van der Waals surface area (Å²) in [6, 6.07) is 13.6. The fraction of sp³-hybridized carbons (Fsp3) is 0.267. The van der Waals surface area contributed by atoms with Crippen molar-refractivity contribution in [1.29, 1.82) is 0 Å². The van der Waals surface area contributed by atoms with Gasteiger partial charge in [0.15, 0.2) is 0 Å². The Bertz CT molecular complexity index is 669. The largest absolute Gasteiger partial charge is 0.261 e. The van der Waals surface area contributed by atoms with E-state index in [1.807, 2.05) is 49.4 Å². The van der Waals surface area contributed by atoms with E-state index in [2.05, 4.69) is 9.71 Å². The summed E-state index contributed by atoms with van der Waals surface area (Å²) >= 11 is 0. The minimum atomic E-state index is -3.23. The van der Waals surface area contributed by atoms with Crippen LogP contribution in [0.25, 0.3) is 0 Å². The molecule has 0 saturated carbocycles. The van der Waals surface area contributed by atoms with Gasteiger partial charge >= 0.3 is 0 Å². The molecule has 0 spiro atoms. The van der Waals surface area contributed by atoms with Crippen molar-refractivity contribution in [1.82, 2.24) is 9.71 Å². The predicted molar refractivity (Wildman–Crippen MR) is 80.1 cm³/mol. The van der Waals surface area contributed by atoms with E-state index in [1.165, 1.54) is 6.26 Å². The molecule has 0 aliphatic heterocycles. The zero-order valence-electron chi connectivity index (χ0n) is 11.6. The average molecular weight is 290 g/mol. The highest BCUT2D eigenvalue weighted by molar-refractivity contribution is 7.88. The molecule has 0 aliphatic carbocycles. The van der Waals surface area contributed by atoms with E-state index in [9.17, 15) is 8.42 Å². The van der Waals surface area contributed by atoms with Crippen LogP contribution in [0.1, 0.15) is 22.7 Å². The van der Waals surface area contributed by atoms with Gasteiger partial charge in [0.05, 0.1) is 6.26 Å². The molecular weight excluding hydrogens is 272 g/mol. The lowest BCUT2D eigenvalue weighted by atomic mass is 9.92. The minimum absolute atomic E-state index is 0.0906. The van der Waals surface area contributed by atoms with E-state index in [0.717, 1.165) is 16.8 Å². The third-order valence-electron chi connectivity index (χ3n) is 3.16. The Labute approximate surface area is 119 Å². The molecule has 1 N–H and O–H groups in total. The Kier molecular flexibility index (Phi) is 4.52. The van der Waals surface area contributed by atoms with Gasteiger partial charge in [0.25, 0.3) is 0 Å². The second-order valence-corrected chi connectivity index (χ2v) is 6.62. The second kappa shape index (κ2) is 6.15. The Balaban J connectivity index is 2.37. The SMILES string of the molecule is Cc1ccccc1C(CNS(C)(=O)=O)c1ccccn1. The number of nitrogens with zero attached hydrogens (tertiary/aromatic N) is 1. The Hall–Kier alpha value is -1.72. The van der Waals surface area contributed by atoms with Crippen molar-refractivity contribution < 1.29 is 8.42 Å². The Morgan fingerprint density at radius 2 is 1.85 bits per heavy atom. The van der Waals surface area contributed by atoms with Gasteiger partial charge in [0.1, 0.15) is 0 Å². The van der Waals surface area contributed by atoms with E-state index in [-0.39, 0.29) is 5.92 Å². The highest BCUT2D eigenvalue weighted by Crippen LogP contribution is 2.25. The first kappa shape index (κ1) is 14.7. The monoisotopic (exact) mass is 290 g/mol. The zero-order chi connectivity index (χ0) is 14.6. The molecule has 5 heteroatoms. The van der Waals surface area contributed by atoms with E-state index in [4.69, 9.17) is 0 Å². The van der Waals surface area contributed by atoms with E-state index >= 15 is 0 Å². The highest BCUT2D eigenvalue weighted by Gasteiger charge is 2.18. The third kappa shape index (κ3) is 3.88. The summed E-state index contributed by atoms with van der Waals surface area (Å²) in [6.07, 6.45) is 2.89. The number of hydrogen-bond donors (Lipinski definition) is 1. The van der Waals surface area contributed by atoms with Crippen molar-refractivity contribution in [2.45, 2.75) is 12.8 Å². The predicted octanol–water partition coefficient (Wildman–Crippen LogP) is 2.07. The van der Waals surface area contributed by atoms with Crippen LogP contribution < -0.4 is 4.72 Å². The molecule has 1 aromatic carbocycles. The third-order valence-corrected chi connectivity index (χ3v) is 3.85. The summed E-state index contributed by atoms with van der Waals surface area (Å²) in [5.74, 6) is -0.0906. The quantitative estimate of drug-likeness (QED) is 0.917. The molecule has 0 radical (unpaired) electrons. The van der Waals surface area contributed by atoms with Crippen LogP contribution in [0.15, 0.2) is 48.7 Å². The lowest BCUT2D eigenvalue weighted by Crippen LogP contribution is -2.28. The maximum absolute atomic E-state index is 11.4. The van der Waals surface area contributed by atoms with Gasteiger partial charge in [0, 0.05) is 24.4 Å². The molecule has 106 valence electrons. The zero-order valence-corrected chi connectivity index (χ0v) is 12.4. The van der Waals surface area contributed by atoms with Crippen LogP contribution in [0.2, 0.25) is 0 Å². The van der Waals surface area contributed by atoms with Gasteiger partial charge in [-0.25, -0.2) is 13.1 Å². The topological polar surface area (TPSA) is 59.1 Å². The van der Waals surface area contributed by atoms with Gasteiger partial charge < -0.3 is 0 Å². The van der Waals surface area contributed by atoms with Crippen molar-refractivity contribution in [3.8, 4) is 0 Å². The number of aryl methyl sites for hydroxylation is 1. The number of sulfonamides is 1. The van der Waals surface area contributed by atoms with Crippen molar-refractivity contribution in [3.63, 3.8) is 0 Å². The van der Waals surface area contributed by atoms with Gasteiger partial charge in [-0.15, -0.1) is 0 Å². The highest BCUT2D eigenvalue weighted by atomic mass is 32.2. The number of nitrogens with one attached hydrogen (secondary N) is 1. The van der Waals surface area contributed by atoms with Crippen molar-refractivity contribution in [2.75, 3.05) is 12.8 Å². The van der Waals surface area contributed by atoms with Gasteiger partial charge in [-0.2, -0.15) is 0 Å². The molecule has 1 atom stereocenters. The standard InChI is InChI=1S/C15H18N2O2S/c1-12-7-3-4-8-13(12)14(11-17-20(2,18)19)15-9-5-6-10-16-15/h3-10,14,17H,11H2,1-2H3. The lowest BCUT2D eigenvalue weighted by molar-refractivity contribution is 0.582. The number of benzene rings is 1. The van der Waals surface area contributed by atoms with Gasteiger partial charge in [-0.1, -0.05) is 30.3 Å². The van der Waals surface area contributed by atoms with Crippen LogP contribution >= 0.6 is 0 Å². The molecule has 1 heterocycles. The van der Waals surface area contributed by atoms with Gasteiger partial charge in [-0.3, -0.25) is 4.98 Å². The van der Waals surface area contributed by atoms with Crippen LogP contribution in [-0.2, 0) is 10.0 Å². The van der Waals surface area contributed by atoms with Crippen molar-refractivity contribution in [2.24, 2.45) is 0 Å².